The Morgan fingerprint density at radius 1 is 1.67 bits per heavy atom. The van der Waals surface area contributed by atoms with Gasteiger partial charge in [-0.1, -0.05) is 0 Å². The number of nitrogens with two attached hydrogens (primary N) is 1. The molecule has 0 bridgehead atoms. The molecule has 0 spiro atoms. The molecule has 0 fully saturated rings. The van der Waals surface area contributed by atoms with Crippen LogP contribution in [-0.4, -0.2) is 34.8 Å². The van der Waals surface area contributed by atoms with Crippen LogP contribution in [0.15, 0.2) is 6.20 Å². The van der Waals surface area contributed by atoms with Gasteiger partial charge >= 0.3 is 0 Å². The summed E-state index contributed by atoms with van der Waals surface area (Å²) in [5.41, 5.74) is 5.36. The summed E-state index contributed by atoms with van der Waals surface area (Å²) in [4.78, 5) is 8.92. The van der Waals surface area contributed by atoms with E-state index in [-0.39, 0.29) is 11.8 Å². The molecule has 0 aliphatic heterocycles. The smallest absolute Gasteiger partial charge is 0.222 e. The Kier molecular flexibility index (Phi) is 3.79. The number of nitrogens with zero attached hydrogens (tertiary/aromatic N) is 3. The molecule has 0 amide bonds. The largest absolute Gasteiger partial charge is 0.393 e. The second-order valence-corrected chi connectivity index (χ2v) is 3.46. The number of rotatable bonds is 4. The van der Waals surface area contributed by atoms with Gasteiger partial charge in [-0.05, 0) is 13.3 Å². The Morgan fingerprint density at radius 2 is 2.33 bits per heavy atom. The summed E-state index contributed by atoms with van der Waals surface area (Å²) in [7, 11) is 1.69. The van der Waals surface area contributed by atoms with E-state index in [2.05, 4.69) is 9.97 Å². The fourth-order valence-electron chi connectivity index (χ4n) is 1.13. The Labute approximate surface area is 87.8 Å². The first-order valence-electron chi connectivity index (χ1n) is 4.68. The molecule has 3 N–H and O–H groups in total. The number of anilines is 2. The normalized spacial score (nSPS) is 12.5. The molecule has 15 heavy (non-hydrogen) atoms. The van der Waals surface area contributed by atoms with E-state index in [1.165, 1.54) is 0 Å². The number of aromatic nitrogens is 2. The average molecular weight is 214 g/mol. The summed E-state index contributed by atoms with van der Waals surface area (Å²) in [6, 6.07) is 0. The van der Waals surface area contributed by atoms with E-state index >= 15 is 0 Å². The van der Waals surface area contributed by atoms with Gasteiger partial charge in [0.15, 0.2) is 11.6 Å². The van der Waals surface area contributed by atoms with Crippen LogP contribution in [0.5, 0.6) is 0 Å². The van der Waals surface area contributed by atoms with Crippen LogP contribution in [0.1, 0.15) is 13.3 Å². The molecule has 0 aliphatic carbocycles. The number of aliphatic hydroxyl groups excluding tert-OH is 1. The van der Waals surface area contributed by atoms with Crippen LogP contribution in [0.4, 0.5) is 16.2 Å². The Balaban J connectivity index is 2.72. The van der Waals surface area contributed by atoms with Gasteiger partial charge in [0, 0.05) is 13.6 Å². The second kappa shape index (κ2) is 4.88. The first-order valence-corrected chi connectivity index (χ1v) is 4.68. The van der Waals surface area contributed by atoms with Gasteiger partial charge in [0.2, 0.25) is 5.95 Å². The molecule has 1 atom stereocenters. The molecular weight excluding hydrogens is 199 g/mol. The quantitative estimate of drug-likeness (QED) is 0.759. The minimum absolute atomic E-state index is 0.0373. The molecule has 1 rings (SSSR count). The lowest BCUT2D eigenvalue weighted by atomic mass is 10.3. The lowest BCUT2D eigenvalue weighted by molar-refractivity contribution is 0.186. The zero-order valence-electron chi connectivity index (χ0n) is 8.81. The van der Waals surface area contributed by atoms with Crippen molar-refractivity contribution in [2.45, 2.75) is 19.4 Å². The highest BCUT2D eigenvalue weighted by Crippen LogP contribution is 2.14. The van der Waals surface area contributed by atoms with Crippen LogP contribution in [0.2, 0.25) is 0 Å². The molecule has 0 aromatic carbocycles. The first-order chi connectivity index (χ1) is 7.00. The summed E-state index contributed by atoms with van der Waals surface area (Å²) < 4.78 is 13.3. The Morgan fingerprint density at radius 3 is 2.93 bits per heavy atom. The number of aliphatic hydroxyl groups is 1. The molecule has 1 heterocycles. The second-order valence-electron chi connectivity index (χ2n) is 3.46. The van der Waals surface area contributed by atoms with Crippen LogP contribution < -0.4 is 10.6 Å². The van der Waals surface area contributed by atoms with Crippen molar-refractivity contribution in [2.24, 2.45) is 0 Å². The molecule has 84 valence electrons. The summed E-state index contributed by atoms with van der Waals surface area (Å²) in [5.74, 6) is -0.323. The van der Waals surface area contributed by atoms with E-state index in [1.54, 1.807) is 18.9 Å². The average Bonchev–Trinajstić information content (AvgIpc) is 2.18. The minimum Gasteiger partial charge on any atom is -0.393 e. The van der Waals surface area contributed by atoms with Crippen molar-refractivity contribution < 1.29 is 9.50 Å². The predicted octanol–water partition coefficient (Wildman–Crippen LogP) is 0.405. The molecule has 0 aliphatic rings. The number of hydrogen-bond donors (Lipinski definition) is 2. The molecular formula is C9H15FN4O. The van der Waals surface area contributed by atoms with E-state index in [0.717, 1.165) is 6.20 Å². The van der Waals surface area contributed by atoms with Gasteiger partial charge in [0.1, 0.15) is 0 Å². The first kappa shape index (κ1) is 11.6. The Bertz CT molecular complexity index is 332. The molecule has 1 aromatic rings. The number of halogens is 1. The van der Waals surface area contributed by atoms with Crippen LogP contribution in [0.3, 0.4) is 0 Å². The fraction of sp³-hybridized carbons (Fsp3) is 0.556. The van der Waals surface area contributed by atoms with Gasteiger partial charge in [-0.15, -0.1) is 0 Å². The highest BCUT2D eigenvalue weighted by molar-refractivity contribution is 5.41. The Hall–Kier alpha value is -1.43. The summed E-state index contributed by atoms with van der Waals surface area (Å²) in [6.45, 7) is 2.18. The maximum atomic E-state index is 13.3. The van der Waals surface area contributed by atoms with Crippen molar-refractivity contribution >= 4 is 11.8 Å². The molecule has 5 nitrogen and oxygen atoms in total. The fourth-order valence-corrected chi connectivity index (χ4v) is 1.13. The third kappa shape index (κ3) is 3.32. The third-order valence-electron chi connectivity index (χ3n) is 1.99. The van der Waals surface area contributed by atoms with Gasteiger partial charge in [0.05, 0.1) is 12.3 Å². The van der Waals surface area contributed by atoms with E-state index in [4.69, 9.17) is 10.8 Å². The summed E-state index contributed by atoms with van der Waals surface area (Å²) >= 11 is 0. The molecule has 1 unspecified atom stereocenters. The standard InChI is InChI=1S/C9H15FN4O/c1-6(15)3-4-14(2)8-7(10)5-12-9(11)13-8/h5-6,15H,3-4H2,1-2H3,(H2,11,12,13). The van der Waals surface area contributed by atoms with Gasteiger partial charge in [-0.2, -0.15) is 4.98 Å². The highest BCUT2D eigenvalue weighted by Gasteiger charge is 2.11. The van der Waals surface area contributed by atoms with Gasteiger partial charge < -0.3 is 15.7 Å². The lowest BCUT2D eigenvalue weighted by Gasteiger charge is -2.19. The van der Waals surface area contributed by atoms with Crippen LogP contribution in [-0.2, 0) is 0 Å². The molecule has 0 radical (unpaired) electrons. The SMILES string of the molecule is CC(O)CCN(C)c1nc(N)ncc1F. The summed E-state index contributed by atoms with van der Waals surface area (Å²) in [5, 5.41) is 9.09. The van der Waals surface area contributed by atoms with E-state index < -0.39 is 11.9 Å². The number of hydrogen-bond acceptors (Lipinski definition) is 5. The zero-order valence-corrected chi connectivity index (χ0v) is 8.81. The highest BCUT2D eigenvalue weighted by atomic mass is 19.1. The van der Waals surface area contributed by atoms with E-state index in [1.807, 2.05) is 0 Å². The van der Waals surface area contributed by atoms with Crippen molar-refractivity contribution in [3.05, 3.63) is 12.0 Å². The van der Waals surface area contributed by atoms with Crippen LogP contribution >= 0.6 is 0 Å². The molecule has 6 heteroatoms. The monoisotopic (exact) mass is 214 g/mol. The van der Waals surface area contributed by atoms with Crippen molar-refractivity contribution in [2.75, 3.05) is 24.2 Å². The van der Waals surface area contributed by atoms with Crippen molar-refractivity contribution in [3.63, 3.8) is 0 Å². The topological polar surface area (TPSA) is 75.3 Å². The van der Waals surface area contributed by atoms with Gasteiger partial charge in [-0.3, -0.25) is 0 Å². The van der Waals surface area contributed by atoms with Gasteiger partial charge in [-0.25, -0.2) is 9.37 Å². The maximum Gasteiger partial charge on any atom is 0.222 e. The third-order valence-corrected chi connectivity index (χ3v) is 1.99. The van der Waals surface area contributed by atoms with Gasteiger partial charge in [0.25, 0.3) is 0 Å². The van der Waals surface area contributed by atoms with Crippen molar-refractivity contribution in [1.29, 1.82) is 0 Å². The molecule has 0 saturated heterocycles. The van der Waals surface area contributed by atoms with Crippen LogP contribution in [0.25, 0.3) is 0 Å². The number of nitrogen functional groups attached to an aromatic ring is 1. The molecule has 1 aromatic heterocycles. The predicted molar refractivity (Wildman–Crippen MR) is 56.0 cm³/mol. The van der Waals surface area contributed by atoms with E-state index in [9.17, 15) is 4.39 Å². The van der Waals surface area contributed by atoms with Crippen molar-refractivity contribution in [3.8, 4) is 0 Å². The minimum atomic E-state index is -0.516. The maximum absolute atomic E-state index is 13.3. The summed E-state index contributed by atoms with van der Waals surface area (Å²) in [6.07, 6.45) is 1.16. The lowest BCUT2D eigenvalue weighted by Crippen LogP contribution is -2.24. The zero-order chi connectivity index (χ0) is 11.4. The molecule has 0 saturated carbocycles. The van der Waals surface area contributed by atoms with Crippen molar-refractivity contribution in [1.82, 2.24) is 9.97 Å². The van der Waals surface area contributed by atoms with Crippen LogP contribution in [0, 0.1) is 5.82 Å². The van der Waals surface area contributed by atoms with E-state index in [0.29, 0.717) is 13.0 Å².